The highest BCUT2D eigenvalue weighted by atomic mass is 15.2. The molecule has 4 heteroatoms. The van der Waals surface area contributed by atoms with E-state index in [1.54, 1.807) is 0 Å². The fourth-order valence-corrected chi connectivity index (χ4v) is 3.04. The second-order valence-corrected chi connectivity index (χ2v) is 7.15. The van der Waals surface area contributed by atoms with Crippen LogP contribution in [0.4, 0.5) is 11.8 Å². The maximum absolute atomic E-state index is 4.67. The monoisotopic (exact) mass is 290 g/mol. The maximum atomic E-state index is 4.67. The maximum Gasteiger partial charge on any atom is 0.224 e. The summed E-state index contributed by atoms with van der Waals surface area (Å²) >= 11 is 0. The standard InChI is InChI=1S/C17H30N4/c1-5-10-18-16-19-11-8-15(20-16)21-12-6-7-14(9-13-21)17(2,3)4/h8,11,14H,5-7,9-10,12-13H2,1-4H3,(H,18,19,20). The number of aromatic nitrogens is 2. The lowest BCUT2D eigenvalue weighted by Gasteiger charge is -2.29. The van der Waals surface area contributed by atoms with Gasteiger partial charge in [-0.05, 0) is 43.1 Å². The topological polar surface area (TPSA) is 41.1 Å². The average molecular weight is 290 g/mol. The van der Waals surface area contributed by atoms with E-state index in [4.69, 9.17) is 0 Å². The van der Waals surface area contributed by atoms with Gasteiger partial charge >= 0.3 is 0 Å². The molecule has 118 valence electrons. The van der Waals surface area contributed by atoms with E-state index < -0.39 is 0 Å². The second-order valence-electron chi connectivity index (χ2n) is 7.15. The van der Waals surface area contributed by atoms with Crippen LogP contribution >= 0.6 is 0 Å². The Bertz CT molecular complexity index is 439. The zero-order chi connectivity index (χ0) is 15.3. The Labute approximate surface area is 129 Å². The van der Waals surface area contributed by atoms with Gasteiger partial charge in [0, 0.05) is 25.8 Å². The summed E-state index contributed by atoms with van der Waals surface area (Å²) in [5, 5.41) is 3.27. The smallest absolute Gasteiger partial charge is 0.224 e. The van der Waals surface area contributed by atoms with Crippen molar-refractivity contribution in [1.29, 1.82) is 0 Å². The molecule has 1 aliphatic rings. The number of hydrogen-bond acceptors (Lipinski definition) is 4. The number of nitrogens with one attached hydrogen (secondary N) is 1. The molecule has 0 aliphatic carbocycles. The summed E-state index contributed by atoms with van der Waals surface area (Å²) in [5.41, 5.74) is 0.412. The molecule has 0 spiro atoms. The fraction of sp³-hybridized carbons (Fsp3) is 0.765. The number of hydrogen-bond donors (Lipinski definition) is 1. The molecule has 1 unspecified atom stereocenters. The molecule has 1 saturated heterocycles. The van der Waals surface area contributed by atoms with Crippen LogP contribution < -0.4 is 10.2 Å². The summed E-state index contributed by atoms with van der Waals surface area (Å²) in [6.45, 7) is 12.4. The molecule has 1 N–H and O–H groups in total. The second kappa shape index (κ2) is 7.10. The van der Waals surface area contributed by atoms with E-state index in [9.17, 15) is 0 Å². The normalized spacial score (nSPS) is 20.2. The van der Waals surface area contributed by atoms with E-state index in [0.29, 0.717) is 5.41 Å². The van der Waals surface area contributed by atoms with Crippen LogP contribution in [0.3, 0.4) is 0 Å². The summed E-state index contributed by atoms with van der Waals surface area (Å²) in [4.78, 5) is 11.4. The molecule has 4 nitrogen and oxygen atoms in total. The SMILES string of the molecule is CCCNc1nccc(N2CCCC(C(C)(C)C)CC2)n1. The van der Waals surface area contributed by atoms with Gasteiger partial charge in [-0.15, -0.1) is 0 Å². The first-order valence-electron chi connectivity index (χ1n) is 8.32. The van der Waals surface area contributed by atoms with E-state index >= 15 is 0 Å². The first kappa shape index (κ1) is 16.1. The Morgan fingerprint density at radius 3 is 2.81 bits per heavy atom. The van der Waals surface area contributed by atoms with Crippen LogP contribution in [-0.2, 0) is 0 Å². The summed E-state index contributed by atoms with van der Waals surface area (Å²) in [7, 11) is 0. The van der Waals surface area contributed by atoms with Crippen molar-refractivity contribution >= 4 is 11.8 Å². The lowest BCUT2D eigenvalue weighted by Crippen LogP contribution is -2.27. The van der Waals surface area contributed by atoms with Crippen LogP contribution in [0.25, 0.3) is 0 Å². The van der Waals surface area contributed by atoms with Crippen molar-refractivity contribution in [3.63, 3.8) is 0 Å². The fourth-order valence-electron chi connectivity index (χ4n) is 3.04. The molecule has 0 saturated carbocycles. The van der Waals surface area contributed by atoms with Gasteiger partial charge in [0.15, 0.2) is 0 Å². The third-order valence-electron chi connectivity index (χ3n) is 4.45. The molecule has 0 bridgehead atoms. The van der Waals surface area contributed by atoms with Gasteiger partial charge in [0.2, 0.25) is 5.95 Å². The van der Waals surface area contributed by atoms with E-state index in [2.05, 4.69) is 47.9 Å². The molecular formula is C17H30N4. The van der Waals surface area contributed by atoms with Crippen molar-refractivity contribution in [3.8, 4) is 0 Å². The van der Waals surface area contributed by atoms with Gasteiger partial charge < -0.3 is 10.2 Å². The highest BCUT2D eigenvalue weighted by molar-refractivity contribution is 5.42. The zero-order valence-corrected chi connectivity index (χ0v) is 14.0. The highest BCUT2D eigenvalue weighted by Gasteiger charge is 2.27. The summed E-state index contributed by atoms with van der Waals surface area (Å²) in [6, 6.07) is 2.04. The molecule has 1 aromatic heterocycles. The first-order valence-corrected chi connectivity index (χ1v) is 8.32. The third kappa shape index (κ3) is 4.58. The molecule has 2 heterocycles. The first-order chi connectivity index (χ1) is 10.0. The lowest BCUT2D eigenvalue weighted by atomic mass is 9.77. The Morgan fingerprint density at radius 2 is 2.10 bits per heavy atom. The number of nitrogens with zero attached hydrogens (tertiary/aromatic N) is 3. The molecule has 1 aromatic rings. The van der Waals surface area contributed by atoms with Crippen molar-refractivity contribution in [2.75, 3.05) is 29.9 Å². The number of rotatable bonds is 4. The van der Waals surface area contributed by atoms with Gasteiger partial charge in [-0.2, -0.15) is 4.98 Å². The summed E-state index contributed by atoms with van der Waals surface area (Å²) < 4.78 is 0. The minimum Gasteiger partial charge on any atom is -0.356 e. The number of anilines is 2. The average Bonchev–Trinajstić information content (AvgIpc) is 2.71. The molecule has 1 aliphatic heterocycles. The molecule has 1 fully saturated rings. The predicted octanol–water partition coefficient (Wildman–Crippen LogP) is 3.95. The van der Waals surface area contributed by atoms with Crippen LogP contribution in [0.15, 0.2) is 12.3 Å². The largest absolute Gasteiger partial charge is 0.356 e. The van der Waals surface area contributed by atoms with Crippen LogP contribution in [0.1, 0.15) is 53.4 Å². The molecule has 0 aromatic carbocycles. The van der Waals surface area contributed by atoms with E-state index in [1.807, 2.05) is 12.3 Å². The van der Waals surface area contributed by atoms with Crippen LogP contribution in [-0.4, -0.2) is 29.6 Å². The van der Waals surface area contributed by atoms with Gasteiger partial charge in [-0.3, -0.25) is 0 Å². The van der Waals surface area contributed by atoms with Gasteiger partial charge in [0.25, 0.3) is 0 Å². The minimum atomic E-state index is 0.412. The van der Waals surface area contributed by atoms with Crippen LogP contribution in [0.2, 0.25) is 0 Å². The molecule has 2 rings (SSSR count). The Balaban J connectivity index is 2.02. The van der Waals surface area contributed by atoms with E-state index in [1.165, 1.54) is 19.3 Å². The minimum absolute atomic E-state index is 0.412. The van der Waals surface area contributed by atoms with E-state index in [0.717, 1.165) is 43.7 Å². The van der Waals surface area contributed by atoms with Gasteiger partial charge in [-0.1, -0.05) is 27.7 Å². The Hall–Kier alpha value is -1.32. The van der Waals surface area contributed by atoms with Gasteiger partial charge in [-0.25, -0.2) is 4.98 Å². The zero-order valence-electron chi connectivity index (χ0n) is 14.0. The molecule has 0 amide bonds. The molecule has 21 heavy (non-hydrogen) atoms. The Kier molecular flexibility index (Phi) is 5.43. The molecule has 1 atom stereocenters. The molecule has 0 radical (unpaired) electrons. The summed E-state index contributed by atoms with van der Waals surface area (Å²) in [6.07, 6.45) is 6.79. The van der Waals surface area contributed by atoms with Crippen molar-refractivity contribution < 1.29 is 0 Å². The summed E-state index contributed by atoms with van der Waals surface area (Å²) in [5.74, 6) is 2.63. The predicted molar refractivity (Wildman–Crippen MR) is 89.8 cm³/mol. The van der Waals surface area contributed by atoms with Crippen molar-refractivity contribution in [2.24, 2.45) is 11.3 Å². The van der Waals surface area contributed by atoms with Gasteiger partial charge in [0.1, 0.15) is 5.82 Å². The Morgan fingerprint density at radius 1 is 1.29 bits per heavy atom. The van der Waals surface area contributed by atoms with Crippen molar-refractivity contribution in [2.45, 2.75) is 53.4 Å². The quantitative estimate of drug-likeness (QED) is 0.911. The van der Waals surface area contributed by atoms with Crippen molar-refractivity contribution in [3.05, 3.63) is 12.3 Å². The van der Waals surface area contributed by atoms with Gasteiger partial charge in [0.05, 0.1) is 0 Å². The van der Waals surface area contributed by atoms with Crippen molar-refractivity contribution in [1.82, 2.24) is 9.97 Å². The third-order valence-corrected chi connectivity index (χ3v) is 4.45. The van der Waals surface area contributed by atoms with Crippen LogP contribution in [0, 0.1) is 11.3 Å². The van der Waals surface area contributed by atoms with E-state index in [-0.39, 0.29) is 0 Å². The lowest BCUT2D eigenvalue weighted by molar-refractivity contribution is 0.220. The van der Waals surface area contributed by atoms with Crippen LogP contribution in [0.5, 0.6) is 0 Å². The highest BCUT2D eigenvalue weighted by Crippen LogP contribution is 2.34. The molecular weight excluding hydrogens is 260 g/mol.